The highest BCUT2D eigenvalue weighted by Crippen LogP contribution is 2.20. The van der Waals surface area contributed by atoms with E-state index in [-0.39, 0.29) is 5.69 Å². The van der Waals surface area contributed by atoms with Crippen LogP contribution in [0.4, 0.5) is 5.69 Å². The number of hydrogen-bond acceptors (Lipinski definition) is 5. The number of carboxylic acids is 1. The van der Waals surface area contributed by atoms with Crippen LogP contribution in [0.15, 0.2) is 24.4 Å². The first-order chi connectivity index (χ1) is 9.60. The highest BCUT2D eigenvalue weighted by Gasteiger charge is 2.07. The summed E-state index contributed by atoms with van der Waals surface area (Å²) in [4.78, 5) is 10.7. The van der Waals surface area contributed by atoms with E-state index in [4.69, 9.17) is 9.84 Å². The maximum Gasteiger partial charge on any atom is 0.358 e. The minimum absolute atomic E-state index is 0.0503. The van der Waals surface area contributed by atoms with Crippen molar-refractivity contribution >= 4 is 11.7 Å². The van der Waals surface area contributed by atoms with E-state index in [0.717, 1.165) is 17.0 Å². The summed E-state index contributed by atoms with van der Waals surface area (Å²) in [6.07, 6.45) is 1.41. The Bertz CT molecular complexity index is 609. The minimum atomic E-state index is -1.07. The second-order valence-electron chi connectivity index (χ2n) is 4.28. The van der Waals surface area contributed by atoms with Crippen LogP contribution in [0.1, 0.15) is 16.1 Å². The van der Waals surface area contributed by atoms with Gasteiger partial charge in [-0.2, -0.15) is 0 Å². The summed E-state index contributed by atoms with van der Waals surface area (Å²) < 4.78 is 6.64. The zero-order valence-corrected chi connectivity index (χ0v) is 11.3. The fourth-order valence-electron chi connectivity index (χ4n) is 1.77. The third-order valence-electron chi connectivity index (χ3n) is 2.85. The van der Waals surface area contributed by atoms with E-state index < -0.39 is 5.97 Å². The number of nitrogens with zero attached hydrogens (tertiary/aromatic N) is 3. The van der Waals surface area contributed by atoms with Gasteiger partial charge in [-0.15, -0.1) is 5.10 Å². The lowest BCUT2D eigenvalue weighted by molar-refractivity contribution is 0.0690. The summed E-state index contributed by atoms with van der Waals surface area (Å²) >= 11 is 0. The molecule has 106 valence electrons. The lowest BCUT2D eigenvalue weighted by atomic mass is 10.2. The van der Waals surface area contributed by atoms with E-state index in [1.165, 1.54) is 10.9 Å². The van der Waals surface area contributed by atoms with Crippen LogP contribution in [-0.2, 0) is 6.54 Å². The molecule has 0 fully saturated rings. The van der Waals surface area contributed by atoms with Crippen LogP contribution >= 0.6 is 0 Å². The molecule has 0 aliphatic heterocycles. The highest BCUT2D eigenvalue weighted by molar-refractivity contribution is 5.84. The van der Waals surface area contributed by atoms with Gasteiger partial charge < -0.3 is 15.2 Å². The van der Waals surface area contributed by atoms with Crippen LogP contribution in [0.25, 0.3) is 0 Å². The molecule has 20 heavy (non-hydrogen) atoms. The molecule has 2 N–H and O–H groups in total. The summed E-state index contributed by atoms with van der Waals surface area (Å²) in [6.45, 7) is 3.14. The molecule has 0 spiro atoms. The summed E-state index contributed by atoms with van der Waals surface area (Å²) in [7, 11) is 1.63. The largest absolute Gasteiger partial charge is 0.497 e. The number of carboxylic acid groups (broad SMARTS) is 1. The number of carbonyl (C=O) groups is 1. The Hall–Kier alpha value is -2.57. The average molecular weight is 276 g/mol. The van der Waals surface area contributed by atoms with Crippen LogP contribution in [0.5, 0.6) is 5.75 Å². The molecule has 0 atom stereocenters. The Morgan fingerprint density at radius 1 is 1.50 bits per heavy atom. The molecule has 1 heterocycles. The van der Waals surface area contributed by atoms with Crippen molar-refractivity contribution < 1.29 is 14.6 Å². The molecular formula is C13H16N4O3. The predicted molar refractivity (Wildman–Crippen MR) is 73.2 cm³/mol. The van der Waals surface area contributed by atoms with Gasteiger partial charge in [0.15, 0.2) is 5.69 Å². The first-order valence-electron chi connectivity index (χ1n) is 6.12. The average Bonchev–Trinajstić information content (AvgIpc) is 2.89. The zero-order valence-electron chi connectivity index (χ0n) is 11.3. The Kier molecular flexibility index (Phi) is 4.19. The summed E-state index contributed by atoms with van der Waals surface area (Å²) in [5.74, 6) is -0.259. The van der Waals surface area contributed by atoms with Crippen molar-refractivity contribution in [3.05, 3.63) is 35.7 Å². The number of anilines is 1. The third kappa shape index (κ3) is 3.25. The van der Waals surface area contributed by atoms with Gasteiger partial charge in [0.25, 0.3) is 0 Å². The second kappa shape index (κ2) is 6.05. The number of benzene rings is 1. The van der Waals surface area contributed by atoms with Crippen molar-refractivity contribution in [1.29, 1.82) is 0 Å². The molecular weight excluding hydrogens is 260 g/mol. The van der Waals surface area contributed by atoms with Crippen molar-refractivity contribution in [2.45, 2.75) is 13.5 Å². The van der Waals surface area contributed by atoms with Crippen molar-refractivity contribution in [3.63, 3.8) is 0 Å². The minimum Gasteiger partial charge on any atom is -0.497 e. The zero-order chi connectivity index (χ0) is 14.5. The summed E-state index contributed by atoms with van der Waals surface area (Å²) in [5.41, 5.74) is 2.03. The molecule has 2 rings (SSSR count). The number of aromatic nitrogens is 3. The van der Waals surface area contributed by atoms with Gasteiger partial charge in [0, 0.05) is 12.2 Å². The van der Waals surface area contributed by atoms with E-state index in [9.17, 15) is 4.79 Å². The van der Waals surface area contributed by atoms with Gasteiger partial charge in [0.05, 0.1) is 19.9 Å². The van der Waals surface area contributed by atoms with Gasteiger partial charge in [-0.1, -0.05) is 5.21 Å². The predicted octanol–water partition coefficient (Wildman–Crippen LogP) is 1.41. The van der Waals surface area contributed by atoms with Gasteiger partial charge in [-0.25, -0.2) is 9.48 Å². The molecule has 0 saturated heterocycles. The van der Waals surface area contributed by atoms with E-state index in [1.807, 2.05) is 25.1 Å². The van der Waals surface area contributed by atoms with E-state index in [2.05, 4.69) is 15.6 Å². The topological polar surface area (TPSA) is 89.3 Å². The van der Waals surface area contributed by atoms with E-state index >= 15 is 0 Å². The number of rotatable bonds is 6. The molecule has 0 amide bonds. The fraction of sp³-hybridized carbons (Fsp3) is 0.308. The van der Waals surface area contributed by atoms with E-state index in [1.54, 1.807) is 7.11 Å². The van der Waals surface area contributed by atoms with Gasteiger partial charge in [-0.05, 0) is 30.7 Å². The van der Waals surface area contributed by atoms with Gasteiger partial charge in [-0.3, -0.25) is 0 Å². The number of ether oxygens (including phenoxy) is 1. The standard InChI is InChI=1S/C13H16N4O3/c1-9-7-10(20-2)3-4-11(9)14-5-6-17-8-12(13(18)19)15-16-17/h3-4,7-8,14H,5-6H2,1-2H3,(H,18,19). The second-order valence-corrected chi connectivity index (χ2v) is 4.28. The lowest BCUT2D eigenvalue weighted by Gasteiger charge is -2.10. The Balaban J connectivity index is 1.90. The van der Waals surface area contributed by atoms with Crippen LogP contribution in [-0.4, -0.2) is 39.7 Å². The maximum atomic E-state index is 10.7. The number of methoxy groups -OCH3 is 1. The Morgan fingerprint density at radius 3 is 2.90 bits per heavy atom. The third-order valence-corrected chi connectivity index (χ3v) is 2.85. The van der Waals surface area contributed by atoms with Crippen LogP contribution < -0.4 is 10.1 Å². The molecule has 0 unspecified atom stereocenters. The van der Waals surface area contributed by atoms with Crippen LogP contribution in [0.3, 0.4) is 0 Å². The number of nitrogens with one attached hydrogen (secondary N) is 1. The first kappa shape index (κ1) is 13.9. The Labute approximate surface area is 116 Å². The summed E-state index contributed by atoms with van der Waals surface area (Å²) in [5, 5.41) is 19.3. The number of aryl methyl sites for hydroxylation is 1. The first-order valence-corrected chi connectivity index (χ1v) is 6.12. The molecule has 7 heteroatoms. The van der Waals surface area contributed by atoms with Crippen LogP contribution in [0, 0.1) is 6.92 Å². The SMILES string of the molecule is COc1ccc(NCCn2cc(C(=O)O)nn2)c(C)c1. The molecule has 0 radical (unpaired) electrons. The van der Waals surface area contributed by atoms with Gasteiger partial charge >= 0.3 is 5.97 Å². The molecule has 0 bridgehead atoms. The molecule has 0 saturated carbocycles. The molecule has 0 aliphatic carbocycles. The van der Waals surface area contributed by atoms with Gasteiger partial charge in [0.1, 0.15) is 5.75 Å². The molecule has 2 aromatic rings. The smallest absolute Gasteiger partial charge is 0.358 e. The van der Waals surface area contributed by atoms with E-state index in [0.29, 0.717) is 13.1 Å². The van der Waals surface area contributed by atoms with Crippen LogP contribution in [0.2, 0.25) is 0 Å². The van der Waals surface area contributed by atoms with Crippen molar-refractivity contribution in [2.75, 3.05) is 19.0 Å². The lowest BCUT2D eigenvalue weighted by Crippen LogP contribution is -2.11. The molecule has 7 nitrogen and oxygen atoms in total. The molecule has 1 aromatic carbocycles. The highest BCUT2D eigenvalue weighted by atomic mass is 16.5. The Morgan fingerprint density at radius 2 is 2.30 bits per heavy atom. The van der Waals surface area contributed by atoms with Crippen molar-refractivity contribution in [3.8, 4) is 5.75 Å². The maximum absolute atomic E-state index is 10.7. The van der Waals surface area contributed by atoms with Crippen molar-refractivity contribution in [2.24, 2.45) is 0 Å². The van der Waals surface area contributed by atoms with Crippen molar-refractivity contribution in [1.82, 2.24) is 15.0 Å². The van der Waals surface area contributed by atoms with Gasteiger partial charge in [0.2, 0.25) is 0 Å². The summed E-state index contributed by atoms with van der Waals surface area (Å²) in [6, 6.07) is 5.77. The normalized spacial score (nSPS) is 10.3. The monoisotopic (exact) mass is 276 g/mol. The molecule has 0 aliphatic rings. The molecule has 1 aromatic heterocycles. The fourth-order valence-corrected chi connectivity index (χ4v) is 1.77. The quantitative estimate of drug-likeness (QED) is 0.829. The number of aromatic carboxylic acids is 1. The number of hydrogen-bond donors (Lipinski definition) is 2.